The smallest absolute Gasteiger partial charge is 0.305 e. The van der Waals surface area contributed by atoms with Gasteiger partial charge in [0.2, 0.25) is 6.29 Å². The molecule has 0 aromatic heterocycles. The third kappa shape index (κ3) is 3.43. The summed E-state index contributed by atoms with van der Waals surface area (Å²) >= 11 is 0. The van der Waals surface area contributed by atoms with E-state index in [1.165, 1.54) is 13.8 Å². The summed E-state index contributed by atoms with van der Waals surface area (Å²) in [6.07, 6.45) is -2.05. The van der Waals surface area contributed by atoms with Gasteiger partial charge < -0.3 is 19.3 Å². The maximum absolute atomic E-state index is 11.1. The van der Waals surface area contributed by atoms with E-state index >= 15 is 0 Å². The molecule has 1 heterocycles. The zero-order chi connectivity index (χ0) is 13.9. The van der Waals surface area contributed by atoms with Crippen molar-refractivity contribution in [2.45, 2.75) is 46.2 Å². The number of carbonyl (C=O) groups excluding carboxylic acids is 2. The molecule has 6 nitrogen and oxygen atoms in total. The minimum atomic E-state index is -0.963. The van der Waals surface area contributed by atoms with Gasteiger partial charge in [0.25, 0.3) is 0 Å². The molecular weight excluding hydrogens is 240 g/mol. The van der Waals surface area contributed by atoms with Gasteiger partial charge in [-0.1, -0.05) is 13.8 Å². The van der Waals surface area contributed by atoms with E-state index in [9.17, 15) is 14.7 Å². The van der Waals surface area contributed by atoms with Crippen molar-refractivity contribution in [2.75, 3.05) is 6.61 Å². The van der Waals surface area contributed by atoms with Crippen molar-refractivity contribution >= 4 is 11.9 Å². The lowest BCUT2D eigenvalue weighted by atomic mass is 9.83. The zero-order valence-corrected chi connectivity index (χ0v) is 11.1. The predicted molar refractivity (Wildman–Crippen MR) is 61.4 cm³/mol. The van der Waals surface area contributed by atoms with Crippen LogP contribution in [0, 0.1) is 11.8 Å². The lowest BCUT2D eigenvalue weighted by molar-refractivity contribution is -0.270. The van der Waals surface area contributed by atoms with E-state index in [4.69, 9.17) is 14.2 Å². The van der Waals surface area contributed by atoms with E-state index in [0.717, 1.165) is 0 Å². The molecule has 0 aliphatic carbocycles. The van der Waals surface area contributed by atoms with E-state index in [1.54, 1.807) is 0 Å². The van der Waals surface area contributed by atoms with Crippen LogP contribution >= 0.6 is 0 Å². The van der Waals surface area contributed by atoms with Crippen molar-refractivity contribution in [1.29, 1.82) is 0 Å². The Hall–Kier alpha value is -1.14. The number of aliphatic hydroxyl groups is 1. The van der Waals surface area contributed by atoms with Crippen LogP contribution < -0.4 is 0 Å². The highest BCUT2D eigenvalue weighted by Crippen LogP contribution is 2.33. The van der Waals surface area contributed by atoms with Gasteiger partial charge in [0.1, 0.15) is 0 Å². The fourth-order valence-corrected chi connectivity index (χ4v) is 2.08. The Morgan fingerprint density at radius 1 is 1.11 bits per heavy atom. The average molecular weight is 260 g/mol. The molecule has 0 amide bonds. The average Bonchev–Trinajstić information content (AvgIpc) is 2.27. The lowest BCUT2D eigenvalue weighted by Gasteiger charge is -2.42. The van der Waals surface area contributed by atoms with Gasteiger partial charge >= 0.3 is 11.9 Å². The predicted octanol–water partition coefficient (Wildman–Crippen LogP) is 0.471. The first-order valence-corrected chi connectivity index (χ1v) is 5.97. The van der Waals surface area contributed by atoms with Gasteiger partial charge in [-0.05, 0) is 5.92 Å². The van der Waals surface area contributed by atoms with E-state index in [2.05, 4.69) is 0 Å². The highest BCUT2D eigenvalue weighted by molar-refractivity contribution is 5.67. The molecule has 1 saturated heterocycles. The summed E-state index contributed by atoms with van der Waals surface area (Å²) in [5, 5.41) is 9.23. The van der Waals surface area contributed by atoms with Crippen molar-refractivity contribution in [3.8, 4) is 0 Å². The van der Waals surface area contributed by atoms with Gasteiger partial charge in [-0.3, -0.25) is 9.59 Å². The summed E-state index contributed by atoms with van der Waals surface area (Å²) in [4.78, 5) is 22.1. The number of rotatable bonds is 3. The number of carbonyl (C=O) groups is 2. The lowest BCUT2D eigenvalue weighted by Crippen LogP contribution is -2.53. The molecule has 1 rings (SSSR count). The quantitative estimate of drug-likeness (QED) is 0.743. The molecule has 1 unspecified atom stereocenters. The van der Waals surface area contributed by atoms with Gasteiger partial charge in [0.05, 0.1) is 12.7 Å². The summed E-state index contributed by atoms with van der Waals surface area (Å²) in [7, 11) is 0. The summed E-state index contributed by atoms with van der Waals surface area (Å²) in [5.74, 6) is -1.06. The first kappa shape index (κ1) is 14.9. The van der Waals surface area contributed by atoms with Crippen LogP contribution in [0.15, 0.2) is 0 Å². The maximum Gasteiger partial charge on any atom is 0.305 e. The van der Waals surface area contributed by atoms with E-state index in [1.807, 2.05) is 13.8 Å². The van der Waals surface area contributed by atoms with Crippen LogP contribution in [0.1, 0.15) is 27.7 Å². The van der Waals surface area contributed by atoms with E-state index in [-0.39, 0.29) is 18.4 Å². The van der Waals surface area contributed by atoms with Crippen molar-refractivity contribution < 1.29 is 28.9 Å². The Bertz CT molecular complexity index is 316. The number of ether oxygens (including phenoxy) is 3. The van der Waals surface area contributed by atoms with Crippen LogP contribution in [0.2, 0.25) is 0 Å². The zero-order valence-electron chi connectivity index (χ0n) is 11.1. The Morgan fingerprint density at radius 3 is 2.11 bits per heavy atom. The van der Waals surface area contributed by atoms with Gasteiger partial charge in [-0.2, -0.15) is 0 Å². The number of aliphatic hydroxyl groups excluding tert-OH is 1. The molecule has 0 spiro atoms. The minimum Gasteiger partial charge on any atom is -0.456 e. The van der Waals surface area contributed by atoms with Gasteiger partial charge in [-0.15, -0.1) is 0 Å². The van der Waals surface area contributed by atoms with E-state index < -0.39 is 30.4 Å². The van der Waals surface area contributed by atoms with Crippen LogP contribution in [0.4, 0.5) is 0 Å². The molecule has 5 atom stereocenters. The van der Waals surface area contributed by atoms with Crippen molar-refractivity contribution in [1.82, 2.24) is 0 Å². The normalized spacial score (nSPS) is 35.9. The fraction of sp³-hybridized carbons (Fsp3) is 0.833. The first-order chi connectivity index (χ1) is 8.36. The molecule has 1 aliphatic heterocycles. The van der Waals surface area contributed by atoms with Crippen molar-refractivity contribution in [3.63, 3.8) is 0 Å². The van der Waals surface area contributed by atoms with Gasteiger partial charge in [0.15, 0.2) is 6.10 Å². The topological polar surface area (TPSA) is 82.1 Å². The summed E-state index contributed by atoms with van der Waals surface area (Å²) in [6, 6.07) is 0. The third-order valence-electron chi connectivity index (χ3n) is 3.28. The summed E-state index contributed by atoms with van der Waals surface area (Å²) in [5.41, 5.74) is 0. The highest BCUT2D eigenvalue weighted by atomic mass is 16.7. The van der Waals surface area contributed by atoms with Crippen molar-refractivity contribution in [2.24, 2.45) is 11.8 Å². The molecule has 0 saturated carbocycles. The highest BCUT2D eigenvalue weighted by Gasteiger charge is 2.44. The summed E-state index contributed by atoms with van der Waals surface area (Å²) in [6.45, 7) is 6.15. The van der Waals surface area contributed by atoms with Crippen LogP contribution in [-0.4, -0.2) is 42.1 Å². The molecule has 1 aliphatic rings. The van der Waals surface area contributed by atoms with Crippen LogP contribution in [0.5, 0.6) is 0 Å². The molecule has 18 heavy (non-hydrogen) atoms. The second-order valence-electron chi connectivity index (χ2n) is 4.63. The molecule has 1 N–H and O–H groups in total. The van der Waals surface area contributed by atoms with Crippen molar-refractivity contribution in [3.05, 3.63) is 0 Å². The molecule has 0 aromatic carbocycles. The molecular formula is C12H20O6. The largest absolute Gasteiger partial charge is 0.456 e. The first-order valence-electron chi connectivity index (χ1n) is 5.97. The molecule has 1 fully saturated rings. The molecule has 0 aromatic rings. The fourth-order valence-electron chi connectivity index (χ4n) is 2.08. The molecule has 104 valence electrons. The van der Waals surface area contributed by atoms with Crippen LogP contribution in [0.25, 0.3) is 0 Å². The number of hydrogen-bond donors (Lipinski definition) is 1. The Kier molecular flexibility index (Phi) is 5.10. The maximum atomic E-state index is 11.1. The SMILES string of the molecule is CC(=O)OC1O[C@@H](CO)[C@H](C)[C@@H](C)[C@H]1OC(C)=O. The Morgan fingerprint density at radius 2 is 1.67 bits per heavy atom. The Balaban J connectivity index is 2.86. The van der Waals surface area contributed by atoms with Crippen LogP contribution in [-0.2, 0) is 23.8 Å². The number of hydrogen-bond acceptors (Lipinski definition) is 6. The molecule has 0 radical (unpaired) electrons. The van der Waals surface area contributed by atoms with Crippen LogP contribution in [0.3, 0.4) is 0 Å². The van der Waals surface area contributed by atoms with Gasteiger partial charge in [0, 0.05) is 19.8 Å². The summed E-state index contributed by atoms with van der Waals surface area (Å²) < 4.78 is 15.6. The van der Waals surface area contributed by atoms with Gasteiger partial charge in [-0.25, -0.2) is 0 Å². The van der Waals surface area contributed by atoms with E-state index in [0.29, 0.717) is 0 Å². The minimum absolute atomic E-state index is 0.00819. The second-order valence-corrected chi connectivity index (χ2v) is 4.63. The molecule has 6 heteroatoms. The standard InChI is InChI=1S/C12H20O6/c1-6-7(2)11(16-8(3)14)12(17-9(4)15)18-10(6)5-13/h6-7,10-13H,5H2,1-4H3/t6-,7-,10+,11-,12?/m1/s1. The molecule has 0 bridgehead atoms. The second kappa shape index (κ2) is 6.15. The Labute approximate surface area is 106 Å². The number of esters is 2. The third-order valence-corrected chi connectivity index (χ3v) is 3.28. The monoisotopic (exact) mass is 260 g/mol.